The van der Waals surface area contributed by atoms with Crippen LogP contribution in [0.5, 0.6) is 0 Å². The fraction of sp³-hybridized carbons (Fsp3) is 0.385. The van der Waals surface area contributed by atoms with E-state index in [2.05, 4.69) is 15.2 Å². The number of aryl methyl sites for hydroxylation is 1. The smallest absolute Gasteiger partial charge is 0.182 e. The molecule has 1 aromatic carbocycles. The zero-order chi connectivity index (χ0) is 13.7. The van der Waals surface area contributed by atoms with Gasteiger partial charge in [-0.3, -0.25) is 5.10 Å². The number of nitrogens with one attached hydrogen (secondary N) is 1. The second-order valence-corrected chi connectivity index (χ2v) is 5.17. The van der Waals surface area contributed by atoms with E-state index in [9.17, 15) is 0 Å². The van der Waals surface area contributed by atoms with Gasteiger partial charge in [0, 0.05) is 17.0 Å². The van der Waals surface area contributed by atoms with Crippen LogP contribution in [-0.2, 0) is 6.42 Å². The first kappa shape index (κ1) is 14.3. The van der Waals surface area contributed by atoms with E-state index >= 15 is 0 Å². The first-order valence-electron chi connectivity index (χ1n) is 6.27. The van der Waals surface area contributed by atoms with Crippen molar-refractivity contribution in [2.45, 2.75) is 25.7 Å². The molecule has 0 aliphatic rings. The van der Waals surface area contributed by atoms with E-state index in [-0.39, 0.29) is 0 Å². The van der Waals surface area contributed by atoms with Crippen LogP contribution in [-0.4, -0.2) is 21.7 Å². The maximum atomic E-state index is 6.13. The van der Waals surface area contributed by atoms with E-state index in [0.717, 1.165) is 43.6 Å². The molecule has 0 aliphatic carbocycles. The van der Waals surface area contributed by atoms with Crippen molar-refractivity contribution >= 4 is 23.2 Å². The fourth-order valence-electron chi connectivity index (χ4n) is 1.81. The number of benzene rings is 1. The Bertz CT molecular complexity index is 539. The van der Waals surface area contributed by atoms with Crippen LogP contribution in [0.4, 0.5) is 0 Å². The molecule has 4 nitrogen and oxygen atoms in total. The molecule has 0 spiro atoms. The van der Waals surface area contributed by atoms with Crippen LogP contribution in [0.25, 0.3) is 11.4 Å². The minimum atomic E-state index is 0.557. The number of hydrogen-bond donors (Lipinski definition) is 2. The molecule has 1 heterocycles. The van der Waals surface area contributed by atoms with Crippen LogP contribution in [0.15, 0.2) is 18.2 Å². The number of nitrogens with two attached hydrogens (primary N) is 1. The van der Waals surface area contributed by atoms with E-state index in [1.807, 2.05) is 6.07 Å². The minimum Gasteiger partial charge on any atom is -0.330 e. The summed E-state index contributed by atoms with van der Waals surface area (Å²) in [6.07, 6.45) is 4.08. The lowest BCUT2D eigenvalue weighted by molar-refractivity contribution is 0.670. The number of rotatable bonds is 6. The molecule has 0 amide bonds. The van der Waals surface area contributed by atoms with Crippen molar-refractivity contribution in [3.8, 4) is 11.4 Å². The molecule has 19 heavy (non-hydrogen) atoms. The lowest BCUT2D eigenvalue weighted by Crippen LogP contribution is -1.98. The Morgan fingerprint density at radius 3 is 2.74 bits per heavy atom. The van der Waals surface area contributed by atoms with Crippen molar-refractivity contribution in [3.05, 3.63) is 34.1 Å². The number of H-pyrrole nitrogens is 1. The van der Waals surface area contributed by atoms with Gasteiger partial charge in [-0.2, -0.15) is 5.10 Å². The van der Waals surface area contributed by atoms with Crippen LogP contribution in [0.3, 0.4) is 0 Å². The maximum Gasteiger partial charge on any atom is 0.182 e. The lowest BCUT2D eigenvalue weighted by Gasteiger charge is -1.99. The lowest BCUT2D eigenvalue weighted by atomic mass is 10.2. The molecule has 2 rings (SSSR count). The van der Waals surface area contributed by atoms with Gasteiger partial charge in [0.25, 0.3) is 0 Å². The van der Waals surface area contributed by atoms with Gasteiger partial charge in [0.1, 0.15) is 5.82 Å². The molecule has 0 radical (unpaired) electrons. The van der Waals surface area contributed by atoms with Gasteiger partial charge in [0.05, 0.1) is 5.02 Å². The van der Waals surface area contributed by atoms with Crippen molar-refractivity contribution < 1.29 is 0 Å². The third kappa shape index (κ3) is 3.93. The molecule has 3 N–H and O–H groups in total. The summed E-state index contributed by atoms with van der Waals surface area (Å²) in [5.74, 6) is 1.48. The predicted octanol–water partition coefficient (Wildman–Crippen LogP) is 3.45. The quantitative estimate of drug-likeness (QED) is 0.803. The molecular weight excluding hydrogens is 283 g/mol. The molecule has 0 saturated heterocycles. The third-order valence-corrected chi connectivity index (χ3v) is 3.37. The number of hydrogen-bond acceptors (Lipinski definition) is 3. The Balaban J connectivity index is 2.04. The van der Waals surface area contributed by atoms with E-state index in [4.69, 9.17) is 28.9 Å². The normalized spacial score (nSPS) is 10.9. The van der Waals surface area contributed by atoms with Crippen LogP contribution in [0, 0.1) is 0 Å². The fourth-order valence-corrected chi connectivity index (χ4v) is 2.30. The average Bonchev–Trinajstić information content (AvgIpc) is 2.83. The second kappa shape index (κ2) is 6.89. The van der Waals surface area contributed by atoms with E-state index in [1.165, 1.54) is 0 Å². The zero-order valence-electron chi connectivity index (χ0n) is 10.5. The highest BCUT2D eigenvalue weighted by Crippen LogP contribution is 2.27. The van der Waals surface area contributed by atoms with Crippen molar-refractivity contribution in [3.63, 3.8) is 0 Å². The Hall–Kier alpha value is -1.10. The Morgan fingerprint density at radius 2 is 2.00 bits per heavy atom. The standard InChI is InChI=1S/C13H16Cl2N4/c14-9-5-6-10(11(15)8-9)13-17-12(18-19-13)4-2-1-3-7-16/h5-6,8H,1-4,7,16H2,(H,17,18,19). The van der Waals surface area contributed by atoms with Gasteiger partial charge in [-0.25, -0.2) is 4.98 Å². The number of halogens is 2. The van der Waals surface area contributed by atoms with Gasteiger partial charge in [0.15, 0.2) is 5.82 Å². The summed E-state index contributed by atoms with van der Waals surface area (Å²) in [6, 6.07) is 5.29. The van der Waals surface area contributed by atoms with E-state index in [0.29, 0.717) is 15.9 Å². The van der Waals surface area contributed by atoms with Crippen LogP contribution in [0.1, 0.15) is 25.1 Å². The number of aromatic amines is 1. The van der Waals surface area contributed by atoms with Gasteiger partial charge in [-0.05, 0) is 37.6 Å². The summed E-state index contributed by atoms with van der Waals surface area (Å²) >= 11 is 12.0. The Kier molecular flexibility index (Phi) is 5.19. The summed E-state index contributed by atoms with van der Waals surface area (Å²) in [7, 11) is 0. The molecule has 0 aliphatic heterocycles. The molecule has 2 aromatic rings. The molecule has 0 saturated carbocycles. The first-order valence-corrected chi connectivity index (χ1v) is 7.03. The van der Waals surface area contributed by atoms with Gasteiger partial charge < -0.3 is 5.73 Å². The molecule has 6 heteroatoms. The van der Waals surface area contributed by atoms with E-state index < -0.39 is 0 Å². The number of nitrogens with zero attached hydrogens (tertiary/aromatic N) is 2. The predicted molar refractivity (Wildman–Crippen MR) is 78.4 cm³/mol. The topological polar surface area (TPSA) is 67.6 Å². The minimum absolute atomic E-state index is 0.557. The molecule has 0 bridgehead atoms. The summed E-state index contributed by atoms with van der Waals surface area (Å²) in [6.45, 7) is 0.738. The van der Waals surface area contributed by atoms with Crippen molar-refractivity contribution in [2.24, 2.45) is 5.73 Å². The molecule has 0 fully saturated rings. The molecular formula is C13H16Cl2N4. The first-order chi connectivity index (χ1) is 9.20. The van der Waals surface area contributed by atoms with Gasteiger partial charge in [0.2, 0.25) is 0 Å². The van der Waals surface area contributed by atoms with Crippen molar-refractivity contribution in [2.75, 3.05) is 6.54 Å². The van der Waals surface area contributed by atoms with Crippen molar-refractivity contribution in [1.82, 2.24) is 15.2 Å². The highest BCUT2D eigenvalue weighted by Gasteiger charge is 2.09. The summed E-state index contributed by atoms with van der Waals surface area (Å²) in [5.41, 5.74) is 6.24. The Labute approximate surface area is 122 Å². The van der Waals surface area contributed by atoms with Gasteiger partial charge in [-0.15, -0.1) is 0 Å². The number of aromatic nitrogens is 3. The van der Waals surface area contributed by atoms with Crippen LogP contribution in [0.2, 0.25) is 10.0 Å². The molecule has 0 atom stereocenters. The Morgan fingerprint density at radius 1 is 1.16 bits per heavy atom. The number of unbranched alkanes of at least 4 members (excludes halogenated alkanes) is 2. The molecule has 0 unspecified atom stereocenters. The monoisotopic (exact) mass is 298 g/mol. The average molecular weight is 299 g/mol. The second-order valence-electron chi connectivity index (χ2n) is 4.33. The maximum absolute atomic E-state index is 6.13. The summed E-state index contributed by atoms with van der Waals surface area (Å²) < 4.78 is 0. The largest absolute Gasteiger partial charge is 0.330 e. The summed E-state index contributed by atoms with van der Waals surface area (Å²) in [5, 5.41) is 8.29. The van der Waals surface area contributed by atoms with Crippen LogP contribution >= 0.6 is 23.2 Å². The highest BCUT2D eigenvalue weighted by molar-refractivity contribution is 6.36. The molecule has 1 aromatic heterocycles. The summed E-state index contributed by atoms with van der Waals surface area (Å²) in [4.78, 5) is 4.44. The van der Waals surface area contributed by atoms with E-state index in [1.54, 1.807) is 12.1 Å². The zero-order valence-corrected chi connectivity index (χ0v) is 12.0. The van der Waals surface area contributed by atoms with Crippen LogP contribution < -0.4 is 5.73 Å². The van der Waals surface area contributed by atoms with Gasteiger partial charge >= 0.3 is 0 Å². The third-order valence-electron chi connectivity index (χ3n) is 2.82. The highest BCUT2D eigenvalue weighted by atomic mass is 35.5. The van der Waals surface area contributed by atoms with Gasteiger partial charge in [-0.1, -0.05) is 29.6 Å². The van der Waals surface area contributed by atoms with Crippen molar-refractivity contribution in [1.29, 1.82) is 0 Å². The molecule has 102 valence electrons. The SMILES string of the molecule is NCCCCCc1nc(-c2ccc(Cl)cc2Cl)n[nH]1.